The Morgan fingerprint density at radius 3 is 2.80 bits per heavy atom. The van der Waals surface area contributed by atoms with Gasteiger partial charge in [0.25, 0.3) is 0 Å². The lowest BCUT2D eigenvalue weighted by Gasteiger charge is -2.45. The summed E-state index contributed by atoms with van der Waals surface area (Å²) in [6.07, 6.45) is 6.39. The summed E-state index contributed by atoms with van der Waals surface area (Å²) in [5, 5.41) is 18.0. The standard InChI is InChI=1S/C31H39N3O7/c1-16-11-20(35)26-21(38-16)14-22-25(27(26)36)19-12-18(15-33-4)7-9-31(29(37)39-28(19)30(2,3)40-22)23(41-31)6-5-17-8-10-34-24(32)13-17/h8,11,13-14,18-19,23,28,33-34,36H,5-7,9-10,12,15,32H2,1-4H3/t18-,19+,23-,28-,31+/m1/s1. The molecule has 220 valence electrons. The van der Waals surface area contributed by atoms with Crippen molar-refractivity contribution in [1.82, 2.24) is 10.6 Å². The van der Waals surface area contributed by atoms with Crippen LogP contribution in [0.4, 0.5) is 0 Å². The zero-order valence-corrected chi connectivity index (χ0v) is 24.0. The van der Waals surface area contributed by atoms with Crippen LogP contribution in [-0.4, -0.2) is 54.6 Å². The van der Waals surface area contributed by atoms with Crippen LogP contribution in [0.3, 0.4) is 0 Å². The van der Waals surface area contributed by atoms with Crippen LogP contribution in [-0.2, 0) is 14.3 Å². The van der Waals surface area contributed by atoms with E-state index in [4.69, 9.17) is 24.4 Å². The molecule has 0 saturated carbocycles. The molecule has 4 aliphatic rings. The summed E-state index contributed by atoms with van der Waals surface area (Å²) in [4.78, 5) is 26.8. The van der Waals surface area contributed by atoms with E-state index in [0.717, 1.165) is 18.4 Å². The van der Waals surface area contributed by atoms with Crippen LogP contribution in [0.1, 0.15) is 63.2 Å². The predicted octanol–water partition coefficient (Wildman–Crippen LogP) is 3.24. The number of carbonyl (C=O) groups excluding carboxylic acids is 1. The van der Waals surface area contributed by atoms with Gasteiger partial charge in [0, 0.05) is 30.2 Å². The third-order valence-corrected chi connectivity index (χ3v) is 9.02. The summed E-state index contributed by atoms with van der Waals surface area (Å²) in [7, 11) is 1.91. The Bertz CT molecular complexity index is 1510. The molecule has 2 fully saturated rings. The second-order valence-electron chi connectivity index (χ2n) is 12.4. The highest BCUT2D eigenvalue weighted by Gasteiger charge is 2.65. The summed E-state index contributed by atoms with van der Waals surface area (Å²) >= 11 is 0. The lowest BCUT2D eigenvalue weighted by molar-refractivity contribution is -0.170. The van der Waals surface area contributed by atoms with Gasteiger partial charge in [0.05, 0.1) is 11.9 Å². The third kappa shape index (κ3) is 4.86. The molecule has 10 heteroatoms. The maximum Gasteiger partial charge on any atom is 0.341 e. The first-order valence-electron chi connectivity index (χ1n) is 14.5. The fourth-order valence-electron chi connectivity index (χ4n) is 6.98. The van der Waals surface area contributed by atoms with Crippen LogP contribution in [0.2, 0.25) is 0 Å². The number of dihydropyridines is 1. The first-order chi connectivity index (χ1) is 19.5. The molecule has 10 nitrogen and oxygen atoms in total. The first kappa shape index (κ1) is 27.7. The third-order valence-electron chi connectivity index (χ3n) is 9.02. The fraction of sp³-hybridized carbons (Fsp3) is 0.548. The van der Waals surface area contributed by atoms with E-state index in [0.29, 0.717) is 55.2 Å². The maximum absolute atomic E-state index is 13.9. The lowest BCUT2D eigenvalue weighted by Crippen LogP contribution is -2.52. The van der Waals surface area contributed by atoms with Crippen LogP contribution in [0.25, 0.3) is 11.0 Å². The van der Waals surface area contributed by atoms with Gasteiger partial charge in [-0.2, -0.15) is 0 Å². The number of carbonyl (C=O) groups is 1. The van der Waals surface area contributed by atoms with Gasteiger partial charge < -0.3 is 40.1 Å². The normalized spacial score (nSPS) is 30.4. The maximum atomic E-state index is 13.9. The Labute approximate surface area is 238 Å². The van der Waals surface area contributed by atoms with E-state index in [9.17, 15) is 14.7 Å². The number of ether oxygens (including phenoxy) is 3. The van der Waals surface area contributed by atoms with Crippen LogP contribution < -0.4 is 26.5 Å². The molecule has 2 saturated heterocycles. The molecule has 1 aromatic heterocycles. The van der Waals surface area contributed by atoms with Crippen LogP contribution in [0, 0.1) is 12.8 Å². The van der Waals surface area contributed by atoms with E-state index in [2.05, 4.69) is 16.7 Å². The summed E-state index contributed by atoms with van der Waals surface area (Å²) in [6.45, 7) is 6.87. The van der Waals surface area contributed by atoms with Crippen molar-refractivity contribution < 1.29 is 28.5 Å². The van der Waals surface area contributed by atoms with Crippen LogP contribution in [0.5, 0.6) is 11.5 Å². The number of rotatable bonds is 5. The molecule has 0 aliphatic carbocycles. The van der Waals surface area contributed by atoms with Gasteiger partial charge in [0.15, 0.2) is 11.0 Å². The number of phenols is 1. The summed E-state index contributed by atoms with van der Waals surface area (Å²) in [5.41, 5.74) is 5.55. The second kappa shape index (κ2) is 10.1. The quantitative estimate of drug-likeness (QED) is 0.314. The van der Waals surface area contributed by atoms with Crippen molar-refractivity contribution in [3.63, 3.8) is 0 Å². The monoisotopic (exact) mass is 565 g/mol. The Hall–Kier alpha value is -3.50. The molecular weight excluding hydrogens is 526 g/mol. The molecule has 6 rings (SSSR count). The zero-order valence-electron chi connectivity index (χ0n) is 24.0. The van der Waals surface area contributed by atoms with E-state index in [1.165, 1.54) is 6.07 Å². The summed E-state index contributed by atoms with van der Waals surface area (Å²) < 4.78 is 24.7. The number of esters is 1. The number of epoxide rings is 1. The van der Waals surface area contributed by atoms with Crippen molar-refractivity contribution in [3.8, 4) is 11.5 Å². The van der Waals surface area contributed by atoms with Crippen LogP contribution in [0.15, 0.2) is 44.9 Å². The van der Waals surface area contributed by atoms with Gasteiger partial charge in [-0.25, -0.2) is 4.79 Å². The molecule has 0 amide bonds. The summed E-state index contributed by atoms with van der Waals surface area (Å²) in [5.74, 6) is 0.708. The molecule has 1 aromatic carbocycles. The molecule has 0 radical (unpaired) electrons. The lowest BCUT2D eigenvalue weighted by atomic mass is 9.75. The highest BCUT2D eigenvalue weighted by molar-refractivity contribution is 5.88. The molecule has 0 bridgehead atoms. The van der Waals surface area contributed by atoms with E-state index in [1.807, 2.05) is 27.0 Å². The number of aryl methyl sites for hydroxylation is 1. The average molecular weight is 566 g/mol. The SMILES string of the molecule is CNC[C@@H]1CC[C@@]2(O[C@@H]2CCC2=CCNC(N)=C2)C(=O)O[C@@H]2[C@@H](C1)c1c(cc3oc(C)cc(=O)c3c1O)OC2(C)C. The van der Waals surface area contributed by atoms with E-state index in [-0.39, 0.29) is 34.2 Å². The number of benzene rings is 1. The van der Waals surface area contributed by atoms with Crippen molar-refractivity contribution in [3.05, 3.63) is 57.2 Å². The summed E-state index contributed by atoms with van der Waals surface area (Å²) in [6, 6.07) is 3.04. The molecule has 4 aliphatic heterocycles. The first-order valence-corrected chi connectivity index (χ1v) is 14.5. The number of hydrogen-bond acceptors (Lipinski definition) is 10. The Morgan fingerprint density at radius 1 is 1.24 bits per heavy atom. The van der Waals surface area contributed by atoms with Crippen molar-refractivity contribution in [1.29, 1.82) is 0 Å². The van der Waals surface area contributed by atoms with Crippen molar-refractivity contribution in [2.75, 3.05) is 20.1 Å². The van der Waals surface area contributed by atoms with Gasteiger partial charge >= 0.3 is 5.97 Å². The van der Waals surface area contributed by atoms with Crippen molar-refractivity contribution in [2.45, 2.75) is 82.2 Å². The largest absolute Gasteiger partial charge is 0.507 e. The molecule has 5 heterocycles. The number of nitrogens with two attached hydrogens (primary N) is 1. The molecule has 5 atom stereocenters. The Kier molecular flexibility index (Phi) is 6.81. The minimum Gasteiger partial charge on any atom is -0.507 e. The second-order valence-corrected chi connectivity index (χ2v) is 12.4. The van der Waals surface area contributed by atoms with Gasteiger partial charge in [-0.15, -0.1) is 0 Å². The fourth-order valence-corrected chi connectivity index (χ4v) is 6.98. The highest BCUT2D eigenvalue weighted by atomic mass is 16.7. The molecule has 2 aromatic rings. The van der Waals surface area contributed by atoms with Gasteiger partial charge in [0.1, 0.15) is 39.9 Å². The van der Waals surface area contributed by atoms with Gasteiger partial charge in [0.2, 0.25) is 0 Å². The number of nitrogens with one attached hydrogen (secondary N) is 2. The van der Waals surface area contributed by atoms with Crippen molar-refractivity contribution >= 4 is 16.9 Å². The van der Waals surface area contributed by atoms with E-state index >= 15 is 0 Å². The average Bonchev–Trinajstić information content (AvgIpc) is 3.60. The van der Waals surface area contributed by atoms with Crippen molar-refractivity contribution in [2.24, 2.45) is 11.7 Å². The number of phenolic OH excluding ortho intramolecular Hbond substituents is 1. The van der Waals surface area contributed by atoms with Gasteiger partial charge in [-0.3, -0.25) is 4.79 Å². The van der Waals surface area contributed by atoms with E-state index < -0.39 is 29.2 Å². The minimum atomic E-state index is -1.01. The molecule has 0 unspecified atom stereocenters. The van der Waals surface area contributed by atoms with Crippen LogP contribution >= 0.6 is 0 Å². The molecule has 41 heavy (non-hydrogen) atoms. The Balaban J connectivity index is 1.35. The minimum absolute atomic E-state index is 0.108. The number of hydrogen-bond donors (Lipinski definition) is 4. The molecule has 1 spiro atoms. The predicted molar refractivity (Wildman–Crippen MR) is 153 cm³/mol. The number of aromatic hydroxyl groups is 1. The van der Waals surface area contributed by atoms with E-state index in [1.54, 1.807) is 13.0 Å². The Morgan fingerprint density at radius 2 is 2.05 bits per heavy atom. The number of allylic oxidation sites excluding steroid dienone is 2. The topological polar surface area (TPSA) is 149 Å². The number of fused-ring (bicyclic) bond motifs is 4. The zero-order chi connectivity index (χ0) is 29.1. The highest BCUT2D eigenvalue weighted by Crippen LogP contribution is 2.54. The smallest absolute Gasteiger partial charge is 0.341 e. The molecule has 5 N–H and O–H groups in total. The molecular formula is C31H39N3O7. The van der Waals surface area contributed by atoms with Gasteiger partial charge in [-0.1, -0.05) is 6.08 Å². The van der Waals surface area contributed by atoms with Gasteiger partial charge in [-0.05, 0) is 84.0 Å².